The SMILES string of the molecule is C=S(=C)(C)N1CCN(Cc2cc3nc(-c4cccc5[nH]ncc45)nc(N4CCOCC4)c3s2)CC1. The minimum atomic E-state index is -1.13. The van der Waals surface area contributed by atoms with Gasteiger partial charge in [-0.15, -0.1) is 11.3 Å². The summed E-state index contributed by atoms with van der Waals surface area (Å²) in [7, 11) is -1.13. The lowest BCUT2D eigenvalue weighted by Gasteiger charge is -2.37. The second-order valence-electron chi connectivity index (χ2n) is 9.46. The molecule has 35 heavy (non-hydrogen) atoms. The zero-order chi connectivity index (χ0) is 24.0. The third-order valence-electron chi connectivity index (χ3n) is 6.78. The zero-order valence-corrected chi connectivity index (χ0v) is 21.7. The van der Waals surface area contributed by atoms with E-state index < -0.39 is 9.39 Å². The number of H-pyrrole nitrogens is 1. The van der Waals surface area contributed by atoms with Crippen molar-refractivity contribution in [3.8, 4) is 11.4 Å². The highest BCUT2D eigenvalue weighted by Crippen LogP contribution is 2.36. The average molecular weight is 510 g/mol. The van der Waals surface area contributed by atoms with Crippen molar-refractivity contribution in [1.29, 1.82) is 0 Å². The Bertz CT molecular complexity index is 1460. The van der Waals surface area contributed by atoms with Crippen molar-refractivity contribution in [2.45, 2.75) is 6.54 Å². The second kappa shape index (κ2) is 9.18. The number of piperazine rings is 1. The number of hydrogen-bond acceptors (Lipinski definition) is 8. The lowest BCUT2D eigenvalue weighted by Crippen LogP contribution is -2.43. The molecular weight excluding hydrogens is 478 g/mol. The highest BCUT2D eigenvalue weighted by Gasteiger charge is 2.23. The predicted molar refractivity (Wildman–Crippen MR) is 150 cm³/mol. The topological polar surface area (TPSA) is 73.4 Å². The van der Waals surface area contributed by atoms with Crippen molar-refractivity contribution in [2.75, 3.05) is 63.6 Å². The Labute approximate surface area is 210 Å². The van der Waals surface area contributed by atoms with E-state index in [4.69, 9.17) is 14.7 Å². The number of fused-ring (bicyclic) bond motifs is 2. The van der Waals surface area contributed by atoms with Crippen LogP contribution in [0.2, 0.25) is 0 Å². The number of aromatic nitrogens is 4. The Morgan fingerprint density at radius 3 is 2.66 bits per heavy atom. The number of ether oxygens (including phenoxy) is 1. The maximum absolute atomic E-state index is 5.62. The highest BCUT2D eigenvalue weighted by molar-refractivity contribution is 8.25. The molecule has 2 aliphatic rings. The largest absolute Gasteiger partial charge is 0.378 e. The summed E-state index contributed by atoms with van der Waals surface area (Å²) in [5.74, 6) is 10.3. The van der Waals surface area contributed by atoms with Gasteiger partial charge < -0.3 is 9.64 Å². The predicted octanol–water partition coefficient (Wildman–Crippen LogP) is 3.40. The molecule has 184 valence electrons. The van der Waals surface area contributed by atoms with Crippen molar-refractivity contribution >= 4 is 59.4 Å². The minimum absolute atomic E-state index is 0.722. The molecule has 2 aliphatic heterocycles. The molecule has 6 rings (SSSR count). The Hall–Kier alpha value is -2.50. The molecule has 2 saturated heterocycles. The van der Waals surface area contributed by atoms with E-state index in [1.54, 1.807) is 0 Å². The van der Waals surface area contributed by atoms with E-state index in [1.165, 1.54) is 4.88 Å². The quantitative estimate of drug-likeness (QED) is 0.414. The maximum Gasteiger partial charge on any atom is 0.162 e. The third-order valence-corrected chi connectivity index (χ3v) is 9.49. The van der Waals surface area contributed by atoms with Gasteiger partial charge in [0.2, 0.25) is 0 Å². The van der Waals surface area contributed by atoms with E-state index in [1.807, 2.05) is 29.7 Å². The van der Waals surface area contributed by atoms with Crippen molar-refractivity contribution < 1.29 is 4.74 Å². The normalized spacial score (nSPS) is 18.6. The van der Waals surface area contributed by atoms with Gasteiger partial charge in [-0.3, -0.25) is 14.3 Å². The summed E-state index contributed by atoms with van der Waals surface area (Å²) in [5, 5.41) is 8.33. The standard InChI is InChI=1S/C25H31N7OS2/c1-35(2,3)32-9-7-30(8-10-32)17-18-15-22-23(34-18)25(31-11-13-33-14-12-31)28-24(27-22)19-5-4-6-21-20(19)16-26-29-21/h4-6,15-16H,1-2,7-14,17H2,3H3,(H,26,29). The van der Waals surface area contributed by atoms with Gasteiger partial charge >= 0.3 is 0 Å². The first-order chi connectivity index (χ1) is 17.0. The Balaban J connectivity index is 1.36. The fraction of sp³-hybridized carbons (Fsp3) is 0.400. The van der Waals surface area contributed by atoms with Gasteiger partial charge in [0.25, 0.3) is 0 Å². The van der Waals surface area contributed by atoms with Crippen molar-refractivity contribution in [2.24, 2.45) is 0 Å². The first kappa shape index (κ1) is 22.9. The molecule has 2 fully saturated rings. The van der Waals surface area contributed by atoms with Crippen LogP contribution in [-0.2, 0) is 11.3 Å². The molecular formula is C25H31N7OS2. The number of anilines is 1. The van der Waals surface area contributed by atoms with Crippen molar-refractivity contribution in [3.63, 3.8) is 0 Å². The number of rotatable bonds is 5. The van der Waals surface area contributed by atoms with Gasteiger partial charge in [0.05, 0.1) is 35.1 Å². The van der Waals surface area contributed by atoms with Crippen LogP contribution in [-0.4, -0.2) is 99.8 Å². The van der Waals surface area contributed by atoms with E-state index in [0.717, 1.165) is 97.4 Å². The van der Waals surface area contributed by atoms with Gasteiger partial charge in [-0.05, 0) is 18.4 Å². The summed E-state index contributed by atoms with van der Waals surface area (Å²) in [6.07, 6.45) is 4.03. The molecule has 0 amide bonds. The molecule has 0 atom stereocenters. The Kier molecular flexibility index (Phi) is 6.01. The van der Waals surface area contributed by atoms with E-state index in [-0.39, 0.29) is 0 Å². The minimum Gasteiger partial charge on any atom is -0.378 e. The van der Waals surface area contributed by atoms with Crippen molar-refractivity contribution in [3.05, 3.63) is 35.3 Å². The van der Waals surface area contributed by atoms with Crippen LogP contribution in [0, 0.1) is 0 Å². The second-order valence-corrected chi connectivity index (χ2v) is 13.6. The van der Waals surface area contributed by atoms with Crippen LogP contribution in [0.15, 0.2) is 30.5 Å². The van der Waals surface area contributed by atoms with Crippen LogP contribution in [0.3, 0.4) is 0 Å². The lowest BCUT2D eigenvalue weighted by atomic mass is 10.1. The van der Waals surface area contributed by atoms with Gasteiger partial charge in [-0.1, -0.05) is 23.9 Å². The van der Waals surface area contributed by atoms with Gasteiger partial charge in [0.15, 0.2) is 11.6 Å². The van der Waals surface area contributed by atoms with Gasteiger partial charge in [-0.25, -0.2) is 9.97 Å². The summed E-state index contributed by atoms with van der Waals surface area (Å²) >= 11 is 1.83. The summed E-state index contributed by atoms with van der Waals surface area (Å²) in [4.78, 5) is 16.4. The van der Waals surface area contributed by atoms with E-state index in [9.17, 15) is 0 Å². The first-order valence-corrected chi connectivity index (χ1v) is 15.1. The Morgan fingerprint density at radius 1 is 1.09 bits per heavy atom. The number of nitrogens with one attached hydrogen (secondary N) is 1. The first-order valence-electron chi connectivity index (χ1n) is 11.9. The van der Waals surface area contributed by atoms with Gasteiger partial charge in [0, 0.05) is 61.6 Å². The summed E-state index contributed by atoms with van der Waals surface area (Å²) in [5.41, 5.74) is 3.01. The lowest BCUT2D eigenvalue weighted by molar-refractivity contribution is 0.122. The van der Waals surface area contributed by atoms with Crippen LogP contribution >= 0.6 is 20.7 Å². The maximum atomic E-state index is 5.62. The highest BCUT2D eigenvalue weighted by atomic mass is 32.2. The van der Waals surface area contributed by atoms with Crippen LogP contribution in [0.25, 0.3) is 32.5 Å². The molecule has 0 saturated carbocycles. The van der Waals surface area contributed by atoms with E-state index in [2.05, 4.69) is 54.4 Å². The molecule has 0 aliphatic carbocycles. The number of benzene rings is 1. The van der Waals surface area contributed by atoms with Gasteiger partial charge in [0.1, 0.15) is 0 Å². The fourth-order valence-corrected chi connectivity index (χ4v) is 7.06. The van der Waals surface area contributed by atoms with Crippen LogP contribution < -0.4 is 4.90 Å². The monoisotopic (exact) mass is 509 g/mol. The smallest absolute Gasteiger partial charge is 0.162 e. The van der Waals surface area contributed by atoms with Gasteiger partial charge in [-0.2, -0.15) is 14.5 Å². The molecule has 4 aromatic rings. The summed E-state index contributed by atoms with van der Waals surface area (Å²) in [6, 6.07) is 8.40. The Morgan fingerprint density at radius 2 is 1.89 bits per heavy atom. The molecule has 1 N–H and O–H groups in total. The molecule has 3 aromatic heterocycles. The number of aromatic amines is 1. The third kappa shape index (κ3) is 4.56. The van der Waals surface area contributed by atoms with Crippen LogP contribution in [0.4, 0.5) is 5.82 Å². The summed E-state index contributed by atoms with van der Waals surface area (Å²) < 4.78 is 9.23. The molecule has 0 spiro atoms. The van der Waals surface area contributed by atoms with Crippen molar-refractivity contribution in [1.82, 2.24) is 29.4 Å². The molecule has 5 heterocycles. The van der Waals surface area contributed by atoms with Crippen LogP contribution in [0.1, 0.15) is 4.88 Å². The number of hydrogen-bond donors (Lipinski definition) is 1. The number of thiophene rings is 1. The molecule has 1 aromatic carbocycles. The molecule has 0 bridgehead atoms. The number of morpholine rings is 1. The average Bonchev–Trinajstić information content (AvgIpc) is 3.50. The van der Waals surface area contributed by atoms with E-state index >= 15 is 0 Å². The van der Waals surface area contributed by atoms with E-state index in [0.29, 0.717) is 0 Å². The molecule has 0 radical (unpaired) electrons. The number of nitrogens with zero attached hydrogens (tertiary/aromatic N) is 6. The molecule has 8 nitrogen and oxygen atoms in total. The molecule has 0 unspecified atom stereocenters. The summed E-state index contributed by atoms with van der Waals surface area (Å²) in [6.45, 7) is 8.20. The molecule has 10 heteroatoms. The zero-order valence-electron chi connectivity index (χ0n) is 20.1. The van der Waals surface area contributed by atoms with Crippen LogP contribution in [0.5, 0.6) is 0 Å². The fourth-order valence-electron chi connectivity index (χ4n) is 4.86.